The van der Waals surface area contributed by atoms with Crippen LogP contribution in [0.15, 0.2) is 23.1 Å². The predicted molar refractivity (Wildman–Crippen MR) is 62.4 cm³/mol. The van der Waals surface area contributed by atoms with E-state index in [4.69, 9.17) is 16.3 Å². The summed E-state index contributed by atoms with van der Waals surface area (Å²) in [6.07, 6.45) is 0. The monoisotopic (exact) mass is 231 g/mol. The second-order valence-electron chi connectivity index (χ2n) is 2.69. The van der Waals surface area contributed by atoms with Crippen LogP contribution in [0.25, 0.3) is 0 Å². The van der Waals surface area contributed by atoms with Crippen molar-refractivity contribution in [3.05, 3.63) is 23.2 Å². The molecule has 1 rings (SSSR count). The number of halogens is 1. The van der Waals surface area contributed by atoms with Gasteiger partial charge in [0, 0.05) is 10.8 Å². The smallest absolute Gasteiger partial charge is 0.137 e. The molecule has 14 heavy (non-hydrogen) atoms. The number of hydrogen-bond acceptors (Lipinski definition) is 3. The lowest BCUT2D eigenvalue weighted by Gasteiger charge is -2.05. The van der Waals surface area contributed by atoms with Crippen LogP contribution in [0.1, 0.15) is 6.92 Å². The maximum atomic E-state index is 5.98. The van der Waals surface area contributed by atoms with E-state index in [1.54, 1.807) is 18.9 Å². The molecular formula is C10H14ClNOS. The summed E-state index contributed by atoms with van der Waals surface area (Å²) in [4.78, 5) is 1.15. The molecule has 0 aromatic heterocycles. The Balaban J connectivity index is 2.57. The van der Waals surface area contributed by atoms with Crippen LogP contribution in [0.4, 0.5) is 0 Å². The zero-order valence-corrected chi connectivity index (χ0v) is 9.91. The van der Waals surface area contributed by atoms with Gasteiger partial charge in [-0.05, 0) is 24.7 Å². The molecule has 0 saturated carbocycles. The molecule has 1 aromatic carbocycles. The van der Waals surface area contributed by atoms with E-state index in [0.29, 0.717) is 5.02 Å². The van der Waals surface area contributed by atoms with Gasteiger partial charge < -0.3 is 10.1 Å². The Hall–Kier alpha value is -0.380. The van der Waals surface area contributed by atoms with Gasteiger partial charge in [-0.3, -0.25) is 0 Å². The van der Waals surface area contributed by atoms with Crippen LogP contribution >= 0.6 is 23.4 Å². The normalized spacial score (nSPS) is 10.2. The van der Waals surface area contributed by atoms with Crippen LogP contribution in [-0.4, -0.2) is 19.5 Å². The molecule has 78 valence electrons. The summed E-state index contributed by atoms with van der Waals surface area (Å²) in [7, 11) is 1.62. The first-order valence-corrected chi connectivity index (χ1v) is 5.81. The third-order valence-corrected chi connectivity index (χ3v) is 2.95. The summed E-state index contributed by atoms with van der Waals surface area (Å²) in [6, 6.07) is 5.81. The average molecular weight is 232 g/mol. The minimum Gasteiger partial charge on any atom is -0.495 e. The first-order chi connectivity index (χ1) is 6.77. The van der Waals surface area contributed by atoms with Gasteiger partial charge >= 0.3 is 0 Å². The van der Waals surface area contributed by atoms with Gasteiger partial charge in [0.1, 0.15) is 5.75 Å². The summed E-state index contributed by atoms with van der Waals surface area (Å²) in [5.74, 6) is 1.62. The lowest BCUT2D eigenvalue weighted by molar-refractivity contribution is 0.414. The molecule has 0 amide bonds. The average Bonchev–Trinajstić information content (AvgIpc) is 2.18. The lowest BCUT2D eigenvalue weighted by atomic mass is 10.3. The van der Waals surface area contributed by atoms with E-state index in [2.05, 4.69) is 12.2 Å². The van der Waals surface area contributed by atoms with E-state index in [1.807, 2.05) is 18.2 Å². The second kappa shape index (κ2) is 6.17. The van der Waals surface area contributed by atoms with Crippen LogP contribution < -0.4 is 10.1 Å². The van der Waals surface area contributed by atoms with Crippen LogP contribution in [0, 0.1) is 0 Å². The Bertz CT molecular complexity index is 293. The molecule has 1 N–H and O–H groups in total. The second-order valence-corrected chi connectivity index (χ2v) is 4.14. The van der Waals surface area contributed by atoms with Crippen LogP contribution in [0.2, 0.25) is 5.02 Å². The summed E-state index contributed by atoms with van der Waals surface area (Å²) in [6.45, 7) is 3.07. The van der Waals surface area contributed by atoms with Gasteiger partial charge in [-0.15, -0.1) is 11.8 Å². The molecule has 0 saturated heterocycles. The minimum absolute atomic E-state index is 0.661. The van der Waals surface area contributed by atoms with Crippen molar-refractivity contribution < 1.29 is 4.74 Å². The Morgan fingerprint density at radius 2 is 2.29 bits per heavy atom. The molecule has 0 spiro atoms. The summed E-state index contributed by atoms with van der Waals surface area (Å²) in [5.41, 5.74) is 0. The van der Waals surface area contributed by atoms with Gasteiger partial charge in [-0.1, -0.05) is 18.5 Å². The number of rotatable bonds is 5. The van der Waals surface area contributed by atoms with Crippen LogP contribution in [-0.2, 0) is 0 Å². The number of nitrogens with one attached hydrogen (secondary N) is 1. The van der Waals surface area contributed by atoms with Gasteiger partial charge in [0.25, 0.3) is 0 Å². The van der Waals surface area contributed by atoms with Crippen LogP contribution in [0.5, 0.6) is 5.75 Å². The molecule has 0 aliphatic heterocycles. The van der Waals surface area contributed by atoms with Gasteiger partial charge in [-0.25, -0.2) is 0 Å². The fraction of sp³-hybridized carbons (Fsp3) is 0.400. The van der Waals surface area contributed by atoms with E-state index >= 15 is 0 Å². The lowest BCUT2D eigenvalue weighted by Crippen LogP contribution is -2.10. The number of methoxy groups -OCH3 is 1. The fourth-order valence-electron chi connectivity index (χ4n) is 0.973. The quantitative estimate of drug-likeness (QED) is 0.478. The van der Waals surface area contributed by atoms with Gasteiger partial charge in [0.05, 0.1) is 12.1 Å². The number of ether oxygens (including phenoxy) is 1. The predicted octanol–water partition coefficient (Wildman–Crippen LogP) is 3.01. The standard InChI is InChI=1S/C10H14ClNOS/c1-3-12-7-14-8-4-5-10(13-2)9(11)6-8/h4-6,12H,3,7H2,1-2H3. The Kier molecular flexibility index (Phi) is 5.15. The molecule has 0 radical (unpaired) electrons. The van der Waals surface area contributed by atoms with E-state index < -0.39 is 0 Å². The third-order valence-electron chi connectivity index (χ3n) is 1.71. The van der Waals surface area contributed by atoms with Crippen LogP contribution in [0.3, 0.4) is 0 Å². The highest BCUT2D eigenvalue weighted by molar-refractivity contribution is 7.99. The van der Waals surface area contributed by atoms with Crippen molar-refractivity contribution in [3.8, 4) is 5.75 Å². The molecule has 4 heteroatoms. The third kappa shape index (κ3) is 3.40. The van der Waals surface area contributed by atoms with Crippen molar-refractivity contribution >= 4 is 23.4 Å². The highest BCUT2D eigenvalue weighted by Gasteiger charge is 2.01. The Labute approximate surface area is 94.0 Å². The first-order valence-electron chi connectivity index (χ1n) is 4.45. The highest BCUT2D eigenvalue weighted by atomic mass is 35.5. The summed E-state index contributed by atoms with van der Waals surface area (Å²) >= 11 is 7.71. The van der Waals surface area contributed by atoms with Gasteiger partial charge in [0.15, 0.2) is 0 Å². The number of hydrogen-bond donors (Lipinski definition) is 1. The first kappa shape index (κ1) is 11.7. The topological polar surface area (TPSA) is 21.3 Å². The van der Waals surface area contributed by atoms with Crippen molar-refractivity contribution in [2.75, 3.05) is 19.5 Å². The Morgan fingerprint density at radius 1 is 1.50 bits per heavy atom. The molecule has 0 fully saturated rings. The molecule has 0 unspecified atom stereocenters. The molecule has 0 aliphatic rings. The van der Waals surface area contributed by atoms with Gasteiger partial charge in [0.2, 0.25) is 0 Å². The van der Waals surface area contributed by atoms with E-state index in [0.717, 1.165) is 23.1 Å². The molecule has 0 bridgehead atoms. The Morgan fingerprint density at radius 3 is 2.86 bits per heavy atom. The molecule has 1 aromatic rings. The maximum absolute atomic E-state index is 5.98. The number of thioether (sulfide) groups is 1. The van der Waals surface area contributed by atoms with Crippen molar-refractivity contribution in [2.24, 2.45) is 0 Å². The fourth-order valence-corrected chi connectivity index (χ4v) is 2.13. The largest absolute Gasteiger partial charge is 0.495 e. The van der Waals surface area contributed by atoms with Crippen molar-refractivity contribution in [1.29, 1.82) is 0 Å². The molecular weight excluding hydrogens is 218 g/mol. The van der Waals surface area contributed by atoms with Crippen molar-refractivity contribution in [1.82, 2.24) is 5.32 Å². The minimum atomic E-state index is 0.661. The van der Waals surface area contributed by atoms with E-state index in [-0.39, 0.29) is 0 Å². The molecule has 0 atom stereocenters. The molecule has 0 aliphatic carbocycles. The maximum Gasteiger partial charge on any atom is 0.137 e. The zero-order valence-electron chi connectivity index (χ0n) is 8.34. The summed E-state index contributed by atoms with van der Waals surface area (Å²) < 4.78 is 5.07. The van der Waals surface area contributed by atoms with Crippen molar-refractivity contribution in [3.63, 3.8) is 0 Å². The van der Waals surface area contributed by atoms with Gasteiger partial charge in [-0.2, -0.15) is 0 Å². The highest BCUT2D eigenvalue weighted by Crippen LogP contribution is 2.29. The zero-order chi connectivity index (χ0) is 10.4. The van der Waals surface area contributed by atoms with Crippen molar-refractivity contribution in [2.45, 2.75) is 11.8 Å². The van der Waals surface area contributed by atoms with E-state index in [1.165, 1.54) is 0 Å². The molecule has 2 nitrogen and oxygen atoms in total. The molecule has 0 heterocycles. The van der Waals surface area contributed by atoms with E-state index in [9.17, 15) is 0 Å². The SMILES string of the molecule is CCNCSc1ccc(OC)c(Cl)c1. The number of benzene rings is 1. The summed E-state index contributed by atoms with van der Waals surface area (Å²) in [5, 5.41) is 3.89.